The van der Waals surface area contributed by atoms with Gasteiger partial charge in [0.1, 0.15) is 0 Å². The lowest BCUT2D eigenvalue weighted by Crippen LogP contribution is -2.22. The van der Waals surface area contributed by atoms with E-state index in [2.05, 4.69) is 9.37 Å². The summed E-state index contributed by atoms with van der Waals surface area (Å²) in [5.74, 6) is 0. The Bertz CT molecular complexity index is 1270. The SMILES string of the molecule is O=S(=O)(O)c1cccc(CN(Cc2cccc(SOOO)c2)Cc2cccc(S(=O)(=O)O)c2)c1. The Morgan fingerprint density at radius 1 is 0.706 bits per heavy atom. The average Bonchev–Trinajstić information content (AvgIpc) is 2.77. The molecular formula is C21H21NO9S3. The van der Waals surface area contributed by atoms with Crippen molar-refractivity contribution in [2.24, 2.45) is 0 Å². The molecule has 3 aromatic rings. The Balaban J connectivity index is 1.90. The molecule has 0 aliphatic rings. The third-order valence-corrected chi connectivity index (χ3v) is 6.94. The zero-order valence-electron chi connectivity index (χ0n) is 17.5. The molecule has 0 amide bonds. The molecule has 0 heterocycles. The highest BCUT2D eigenvalue weighted by Gasteiger charge is 2.15. The zero-order chi connectivity index (χ0) is 24.8. The van der Waals surface area contributed by atoms with Gasteiger partial charge in [0.25, 0.3) is 20.2 Å². The first kappa shape index (κ1) is 26.3. The van der Waals surface area contributed by atoms with Gasteiger partial charge >= 0.3 is 0 Å². The van der Waals surface area contributed by atoms with Crippen LogP contribution in [0.3, 0.4) is 0 Å². The van der Waals surface area contributed by atoms with Crippen LogP contribution in [0.15, 0.2) is 87.5 Å². The van der Waals surface area contributed by atoms with E-state index >= 15 is 0 Å². The topological polar surface area (TPSA) is 151 Å². The summed E-state index contributed by atoms with van der Waals surface area (Å²) in [5.41, 5.74) is 2.04. The lowest BCUT2D eigenvalue weighted by Gasteiger charge is -2.23. The van der Waals surface area contributed by atoms with Crippen molar-refractivity contribution in [2.75, 3.05) is 0 Å². The van der Waals surface area contributed by atoms with Gasteiger partial charge in [-0.1, -0.05) is 41.4 Å². The molecule has 0 atom stereocenters. The summed E-state index contributed by atoms with van der Waals surface area (Å²) in [6.45, 7) is 0.876. The van der Waals surface area contributed by atoms with Gasteiger partial charge in [0, 0.05) is 24.5 Å². The van der Waals surface area contributed by atoms with Crippen LogP contribution in [-0.4, -0.2) is 36.1 Å². The molecule has 3 rings (SSSR count). The summed E-state index contributed by atoms with van der Waals surface area (Å²) in [7, 11) is -8.75. The normalized spacial score (nSPS) is 12.2. The van der Waals surface area contributed by atoms with Gasteiger partial charge < -0.3 is 0 Å². The first-order valence-corrected chi connectivity index (χ1v) is 13.3. The Kier molecular flexibility index (Phi) is 8.81. The quantitative estimate of drug-likeness (QED) is 0.144. The summed E-state index contributed by atoms with van der Waals surface area (Å²) in [6, 6.07) is 18.9. The molecule has 0 aromatic heterocycles. The molecular weight excluding hydrogens is 506 g/mol. The van der Waals surface area contributed by atoms with Gasteiger partial charge in [-0.2, -0.15) is 16.8 Å². The number of rotatable bonds is 11. The molecule has 3 aromatic carbocycles. The molecule has 0 aliphatic heterocycles. The summed E-state index contributed by atoms with van der Waals surface area (Å²) in [6.07, 6.45) is 0. The monoisotopic (exact) mass is 527 g/mol. The van der Waals surface area contributed by atoms with Gasteiger partial charge in [-0.05, 0) is 53.1 Å². The highest BCUT2D eigenvalue weighted by atomic mass is 32.2. The fourth-order valence-electron chi connectivity index (χ4n) is 3.30. The third kappa shape index (κ3) is 7.87. The maximum atomic E-state index is 11.5. The molecule has 0 saturated heterocycles. The van der Waals surface area contributed by atoms with Gasteiger partial charge in [0.15, 0.2) is 0 Å². The lowest BCUT2D eigenvalue weighted by molar-refractivity contribution is -0.432. The highest BCUT2D eigenvalue weighted by Crippen LogP contribution is 2.23. The van der Waals surface area contributed by atoms with Crippen LogP contribution in [0.1, 0.15) is 16.7 Å². The van der Waals surface area contributed by atoms with E-state index in [1.165, 1.54) is 36.4 Å². The van der Waals surface area contributed by atoms with Crippen LogP contribution in [0.4, 0.5) is 0 Å². The molecule has 10 nitrogen and oxygen atoms in total. The minimum Gasteiger partial charge on any atom is -0.291 e. The molecule has 13 heteroatoms. The van der Waals surface area contributed by atoms with E-state index in [4.69, 9.17) is 5.26 Å². The first-order chi connectivity index (χ1) is 16.0. The number of nitrogens with zero attached hydrogens (tertiary/aromatic N) is 1. The van der Waals surface area contributed by atoms with E-state index in [-0.39, 0.29) is 22.9 Å². The largest absolute Gasteiger partial charge is 0.294 e. The van der Waals surface area contributed by atoms with Gasteiger partial charge in [-0.15, -0.1) is 4.33 Å². The maximum Gasteiger partial charge on any atom is 0.294 e. The van der Waals surface area contributed by atoms with Crippen LogP contribution in [0.25, 0.3) is 0 Å². The molecule has 0 unspecified atom stereocenters. The predicted octanol–water partition coefficient (Wildman–Crippen LogP) is 3.81. The third-order valence-electron chi connectivity index (χ3n) is 4.67. The second-order valence-corrected chi connectivity index (χ2v) is 10.9. The molecule has 34 heavy (non-hydrogen) atoms. The average molecular weight is 528 g/mol. The van der Waals surface area contributed by atoms with Gasteiger partial charge in [-0.3, -0.25) is 14.0 Å². The Labute approximate surface area is 201 Å². The molecule has 0 radical (unpaired) electrons. The van der Waals surface area contributed by atoms with Gasteiger partial charge in [0.2, 0.25) is 0 Å². The standard InChI is InChI=1S/C21H21NO9S3/c23-30-31-32-19-7-1-4-16(10-19)13-22(14-17-5-2-8-20(11-17)33(24,25)26)15-18-6-3-9-21(12-18)34(27,28)29/h1-12,23H,13-15H2,(H,24,25,26)(H,27,28,29). The van der Waals surface area contributed by atoms with Crippen LogP contribution < -0.4 is 0 Å². The lowest BCUT2D eigenvalue weighted by atomic mass is 10.1. The number of benzene rings is 3. The Morgan fingerprint density at radius 2 is 1.15 bits per heavy atom. The molecule has 0 bridgehead atoms. The molecule has 3 N–H and O–H groups in total. The molecule has 0 fully saturated rings. The highest BCUT2D eigenvalue weighted by molar-refractivity contribution is 7.94. The predicted molar refractivity (Wildman–Crippen MR) is 123 cm³/mol. The van der Waals surface area contributed by atoms with Crippen molar-refractivity contribution < 1.29 is 40.6 Å². The maximum absolute atomic E-state index is 11.5. The van der Waals surface area contributed by atoms with E-state index in [0.29, 0.717) is 22.6 Å². The molecule has 0 aliphatic carbocycles. The second-order valence-electron chi connectivity index (χ2n) is 7.26. The van der Waals surface area contributed by atoms with Crippen LogP contribution >= 0.6 is 12.0 Å². The minimum atomic E-state index is -4.38. The van der Waals surface area contributed by atoms with Crippen molar-refractivity contribution in [3.63, 3.8) is 0 Å². The molecule has 0 saturated carbocycles. The first-order valence-electron chi connectivity index (χ1n) is 9.63. The number of hydrogen-bond acceptors (Lipinski definition) is 9. The van der Waals surface area contributed by atoms with Crippen LogP contribution in [0.2, 0.25) is 0 Å². The van der Waals surface area contributed by atoms with Crippen molar-refractivity contribution in [1.82, 2.24) is 4.90 Å². The fourth-order valence-corrected chi connectivity index (χ4v) is 4.85. The van der Waals surface area contributed by atoms with Crippen molar-refractivity contribution in [1.29, 1.82) is 0 Å². The van der Waals surface area contributed by atoms with Crippen molar-refractivity contribution >= 4 is 32.3 Å². The Morgan fingerprint density at radius 3 is 1.59 bits per heavy atom. The molecule has 182 valence electrons. The zero-order valence-corrected chi connectivity index (χ0v) is 20.0. The molecule has 0 spiro atoms. The smallest absolute Gasteiger partial charge is 0.291 e. The number of hydrogen-bond donors (Lipinski definition) is 3. The van der Waals surface area contributed by atoms with E-state index in [0.717, 1.165) is 17.6 Å². The van der Waals surface area contributed by atoms with Crippen molar-refractivity contribution in [2.45, 2.75) is 34.3 Å². The second kappa shape index (κ2) is 11.4. The fraction of sp³-hybridized carbons (Fsp3) is 0.143. The summed E-state index contributed by atoms with van der Waals surface area (Å²) in [4.78, 5) is 2.09. The summed E-state index contributed by atoms with van der Waals surface area (Å²) >= 11 is 0.799. The minimum absolute atomic E-state index is 0.238. The van der Waals surface area contributed by atoms with Gasteiger partial charge in [-0.25, -0.2) is 5.26 Å². The van der Waals surface area contributed by atoms with Gasteiger partial charge in [0.05, 0.1) is 21.8 Å². The van der Waals surface area contributed by atoms with Crippen LogP contribution in [-0.2, 0) is 49.2 Å². The van der Waals surface area contributed by atoms with Crippen molar-refractivity contribution in [3.05, 3.63) is 89.5 Å². The van der Waals surface area contributed by atoms with E-state index in [1.807, 2.05) is 11.0 Å². The van der Waals surface area contributed by atoms with E-state index < -0.39 is 20.2 Å². The summed E-state index contributed by atoms with van der Waals surface area (Å²) in [5, 5.41) is 12.0. The summed E-state index contributed by atoms with van der Waals surface area (Å²) < 4.78 is 69.3. The van der Waals surface area contributed by atoms with E-state index in [1.54, 1.807) is 30.3 Å². The van der Waals surface area contributed by atoms with Crippen LogP contribution in [0.5, 0.6) is 0 Å². The van der Waals surface area contributed by atoms with Crippen molar-refractivity contribution in [3.8, 4) is 0 Å². The van der Waals surface area contributed by atoms with E-state index in [9.17, 15) is 25.9 Å². The Hall–Kier alpha value is -2.33. The van der Waals surface area contributed by atoms with Crippen LogP contribution in [0, 0.1) is 0 Å².